The van der Waals surface area contributed by atoms with Gasteiger partial charge in [-0.3, -0.25) is 4.79 Å². The number of hydrogen-bond donors (Lipinski definition) is 1. The molecule has 28 heavy (non-hydrogen) atoms. The van der Waals surface area contributed by atoms with E-state index < -0.39 is 0 Å². The fraction of sp³-hybridized carbons (Fsp3) is 0.500. The summed E-state index contributed by atoms with van der Waals surface area (Å²) in [6.07, 6.45) is 2.73. The summed E-state index contributed by atoms with van der Waals surface area (Å²) in [5.41, 5.74) is 2.98. The predicted molar refractivity (Wildman–Crippen MR) is 107 cm³/mol. The first kappa shape index (κ1) is 18.6. The topological polar surface area (TPSA) is 80.9 Å². The SMILES string of the molecule is CCN(CC)C(=O)[C@@H]1C[C@@H](n2cc(Cn3c(C)nc4ccccc43)nn2)CN1. The maximum atomic E-state index is 12.6. The number of aromatic nitrogens is 5. The van der Waals surface area contributed by atoms with Crippen LogP contribution in [-0.2, 0) is 11.3 Å². The van der Waals surface area contributed by atoms with Gasteiger partial charge in [-0.25, -0.2) is 9.67 Å². The largest absolute Gasteiger partial charge is 0.342 e. The van der Waals surface area contributed by atoms with Crippen molar-refractivity contribution in [2.75, 3.05) is 19.6 Å². The van der Waals surface area contributed by atoms with Crippen molar-refractivity contribution < 1.29 is 4.79 Å². The molecule has 0 unspecified atom stereocenters. The minimum absolute atomic E-state index is 0.141. The molecule has 1 amide bonds. The molecule has 2 atom stereocenters. The van der Waals surface area contributed by atoms with Gasteiger partial charge in [0.05, 0.1) is 35.9 Å². The zero-order valence-electron chi connectivity index (χ0n) is 16.7. The Hall–Kier alpha value is -2.74. The van der Waals surface area contributed by atoms with E-state index in [4.69, 9.17) is 0 Å². The van der Waals surface area contributed by atoms with Crippen LogP contribution in [0.4, 0.5) is 0 Å². The van der Waals surface area contributed by atoms with E-state index in [9.17, 15) is 4.79 Å². The molecule has 4 rings (SSSR count). The molecular weight excluding hydrogens is 354 g/mol. The molecule has 8 heteroatoms. The van der Waals surface area contributed by atoms with Crippen LogP contribution in [0.3, 0.4) is 0 Å². The summed E-state index contributed by atoms with van der Waals surface area (Å²) in [5, 5.41) is 12.0. The first-order chi connectivity index (χ1) is 13.6. The van der Waals surface area contributed by atoms with E-state index in [1.165, 1.54) is 0 Å². The van der Waals surface area contributed by atoms with Crippen LogP contribution in [0.5, 0.6) is 0 Å². The highest BCUT2D eigenvalue weighted by atomic mass is 16.2. The van der Waals surface area contributed by atoms with Crippen LogP contribution in [0.15, 0.2) is 30.5 Å². The van der Waals surface area contributed by atoms with E-state index >= 15 is 0 Å². The number of carbonyl (C=O) groups is 1. The number of nitrogens with one attached hydrogen (secondary N) is 1. The van der Waals surface area contributed by atoms with Crippen molar-refractivity contribution >= 4 is 16.9 Å². The Balaban J connectivity index is 1.46. The van der Waals surface area contributed by atoms with Crippen molar-refractivity contribution in [2.45, 2.75) is 45.8 Å². The lowest BCUT2D eigenvalue weighted by Crippen LogP contribution is -2.43. The molecule has 1 fully saturated rings. The highest BCUT2D eigenvalue weighted by molar-refractivity contribution is 5.82. The Labute approximate surface area is 164 Å². The van der Waals surface area contributed by atoms with Crippen LogP contribution >= 0.6 is 0 Å². The third-order valence-corrected chi connectivity index (χ3v) is 5.58. The van der Waals surface area contributed by atoms with E-state index in [0.29, 0.717) is 6.54 Å². The summed E-state index contributed by atoms with van der Waals surface area (Å²) in [4.78, 5) is 19.1. The van der Waals surface area contributed by atoms with E-state index in [-0.39, 0.29) is 18.0 Å². The zero-order valence-corrected chi connectivity index (χ0v) is 16.7. The Kier molecular flexibility index (Phi) is 5.13. The quantitative estimate of drug-likeness (QED) is 0.704. The van der Waals surface area contributed by atoms with Crippen molar-refractivity contribution in [3.05, 3.63) is 42.0 Å². The standard InChI is InChI=1S/C20H27N7O/c1-4-25(5-2)20(28)18-10-16(11-21-18)27-13-15(23-24-27)12-26-14(3)22-17-8-6-7-9-19(17)26/h6-9,13,16,18,21H,4-5,10-12H2,1-3H3/t16-,18+/m1/s1. The van der Waals surface area contributed by atoms with Gasteiger partial charge in [-0.1, -0.05) is 17.3 Å². The summed E-state index contributed by atoms with van der Waals surface area (Å²) in [6, 6.07) is 8.12. The summed E-state index contributed by atoms with van der Waals surface area (Å²) in [5.74, 6) is 1.14. The number of carbonyl (C=O) groups excluding carboxylic acids is 1. The van der Waals surface area contributed by atoms with Crippen LogP contribution in [-0.4, -0.2) is 61.0 Å². The monoisotopic (exact) mass is 381 g/mol. The van der Waals surface area contributed by atoms with Crippen molar-refractivity contribution in [3.8, 4) is 0 Å². The Morgan fingerprint density at radius 1 is 1.29 bits per heavy atom. The number of fused-ring (bicyclic) bond motifs is 1. The maximum Gasteiger partial charge on any atom is 0.239 e. The third-order valence-electron chi connectivity index (χ3n) is 5.58. The lowest BCUT2D eigenvalue weighted by molar-refractivity contribution is -0.132. The van der Waals surface area contributed by atoms with E-state index in [2.05, 4.69) is 31.2 Å². The van der Waals surface area contributed by atoms with Gasteiger partial charge in [-0.05, 0) is 39.3 Å². The highest BCUT2D eigenvalue weighted by Crippen LogP contribution is 2.21. The molecule has 0 aliphatic carbocycles. The molecule has 148 valence electrons. The number of benzene rings is 1. The van der Waals surface area contributed by atoms with Gasteiger partial charge in [0, 0.05) is 19.6 Å². The lowest BCUT2D eigenvalue weighted by atomic mass is 10.1. The number of rotatable bonds is 6. The van der Waals surface area contributed by atoms with Crippen LogP contribution in [0.25, 0.3) is 11.0 Å². The van der Waals surface area contributed by atoms with E-state index in [1.807, 2.05) is 54.7 Å². The Morgan fingerprint density at radius 3 is 2.86 bits per heavy atom. The predicted octanol–water partition coefficient (Wildman–Crippen LogP) is 1.76. The van der Waals surface area contributed by atoms with E-state index in [0.717, 1.165) is 48.6 Å². The molecular formula is C20H27N7O. The molecule has 3 heterocycles. The van der Waals surface area contributed by atoms with Gasteiger partial charge in [0.1, 0.15) is 11.5 Å². The second kappa shape index (κ2) is 7.71. The van der Waals surface area contributed by atoms with Crippen LogP contribution in [0, 0.1) is 6.92 Å². The molecule has 2 aromatic heterocycles. The van der Waals surface area contributed by atoms with Crippen molar-refractivity contribution in [2.24, 2.45) is 0 Å². The molecule has 3 aromatic rings. The van der Waals surface area contributed by atoms with Gasteiger partial charge in [-0.15, -0.1) is 5.10 Å². The number of hydrogen-bond acceptors (Lipinski definition) is 5. The molecule has 8 nitrogen and oxygen atoms in total. The number of para-hydroxylation sites is 2. The molecule has 1 aliphatic heterocycles. The van der Waals surface area contributed by atoms with Gasteiger partial charge in [0.15, 0.2) is 0 Å². The molecule has 1 aliphatic rings. The molecule has 1 aromatic carbocycles. The first-order valence-electron chi connectivity index (χ1n) is 9.95. The van der Waals surface area contributed by atoms with Crippen LogP contribution in [0.2, 0.25) is 0 Å². The minimum atomic E-state index is -0.141. The van der Waals surface area contributed by atoms with Crippen LogP contribution < -0.4 is 5.32 Å². The first-order valence-corrected chi connectivity index (χ1v) is 9.95. The number of nitrogens with zero attached hydrogens (tertiary/aromatic N) is 6. The molecule has 0 bridgehead atoms. The van der Waals surface area contributed by atoms with Crippen molar-refractivity contribution in [1.82, 2.24) is 34.8 Å². The van der Waals surface area contributed by atoms with Gasteiger partial charge in [0.25, 0.3) is 0 Å². The van der Waals surface area contributed by atoms with Crippen LogP contribution in [0.1, 0.15) is 37.8 Å². The Morgan fingerprint density at radius 2 is 2.07 bits per heavy atom. The average molecular weight is 381 g/mol. The number of imidazole rings is 1. The normalized spacial score (nSPS) is 19.4. The molecule has 0 radical (unpaired) electrons. The average Bonchev–Trinajstić information content (AvgIpc) is 3.42. The van der Waals surface area contributed by atoms with Gasteiger partial charge >= 0.3 is 0 Å². The van der Waals surface area contributed by atoms with Gasteiger partial charge < -0.3 is 14.8 Å². The molecule has 0 spiro atoms. The van der Waals surface area contributed by atoms with Gasteiger partial charge in [-0.2, -0.15) is 0 Å². The Bertz CT molecular complexity index is 972. The van der Waals surface area contributed by atoms with E-state index in [1.54, 1.807) is 0 Å². The fourth-order valence-corrected chi connectivity index (χ4v) is 3.98. The number of aryl methyl sites for hydroxylation is 1. The van der Waals surface area contributed by atoms with Gasteiger partial charge in [0.2, 0.25) is 5.91 Å². The minimum Gasteiger partial charge on any atom is -0.342 e. The maximum absolute atomic E-state index is 12.6. The molecule has 0 saturated carbocycles. The molecule has 1 saturated heterocycles. The summed E-state index contributed by atoms with van der Waals surface area (Å²) < 4.78 is 4.05. The smallest absolute Gasteiger partial charge is 0.239 e. The second-order valence-electron chi connectivity index (χ2n) is 7.28. The molecule has 1 N–H and O–H groups in total. The highest BCUT2D eigenvalue weighted by Gasteiger charge is 2.33. The fourth-order valence-electron chi connectivity index (χ4n) is 3.98. The number of likely N-dealkylation sites (N-methyl/N-ethyl adjacent to an activating group) is 1. The summed E-state index contributed by atoms with van der Waals surface area (Å²) >= 11 is 0. The summed E-state index contributed by atoms with van der Waals surface area (Å²) in [7, 11) is 0. The zero-order chi connectivity index (χ0) is 19.7. The van der Waals surface area contributed by atoms with Crippen molar-refractivity contribution in [3.63, 3.8) is 0 Å². The second-order valence-corrected chi connectivity index (χ2v) is 7.28. The van der Waals surface area contributed by atoms with Crippen molar-refractivity contribution in [1.29, 1.82) is 0 Å². The lowest BCUT2D eigenvalue weighted by Gasteiger charge is -2.22. The number of amides is 1. The summed E-state index contributed by atoms with van der Waals surface area (Å²) in [6.45, 7) is 8.88. The third kappa shape index (κ3) is 3.40.